The zero-order valence-electron chi connectivity index (χ0n) is 14.4. The highest BCUT2D eigenvalue weighted by molar-refractivity contribution is 6.00. The Kier molecular flexibility index (Phi) is 5.41. The first-order valence-electron chi connectivity index (χ1n) is 8.44. The van der Waals surface area contributed by atoms with Gasteiger partial charge < -0.3 is 10.2 Å². The van der Waals surface area contributed by atoms with E-state index in [0.29, 0.717) is 5.56 Å². The number of likely N-dealkylation sites (tertiary alicyclic amines) is 1. The smallest absolute Gasteiger partial charge is 0.269 e. The summed E-state index contributed by atoms with van der Waals surface area (Å²) in [6.45, 7) is 1.79. The fourth-order valence-corrected chi connectivity index (χ4v) is 3.08. The lowest BCUT2D eigenvalue weighted by molar-refractivity contribution is 0.0911. The first-order valence-corrected chi connectivity index (χ1v) is 8.44. The Morgan fingerprint density at radius 1 is 1.27 bits per heavy atom. The van der Waals surface area contributed by atoms with Crippen LogP contribution in [0.5, 0.6) is 0 Å². The first kappa shape index (κ1) is 18.2. The van der Waals surface area contributed by atoms with Crippen molar-refractivity contribution in [3.8, 4) is 0 Å². The molecule has 1 aromatic carbocycles. The molecule has 3 rings (SSSR count). The van der Waals surface area contributed by atoms with Crippen LogP contribution in [0.4, 0.5) is 8.78 Å². The molecule has 1 fully saturated rings. The summed E-state index contributed by atoms with van der Waals surface area (Å²) >= 11 is 0. The van der Waals surface area contributed by atoms with Gasteiger partial charge in [-0.2, -0.15) is 5.10 Å². The fourth-order valence-electron chi connectivity index (χ4n) is 3.08. The molecular formula is C18H20F2N4O2. The largest absolute Gasteiger partial charge is 0.348 e. The van der Waals surface area contributed by atoms with Crippen LogP contribution in [0.1, 0.15) is 39.3 Å². The van der Waals surface area contributed by atoms with Crippen molar-refractivity contribution < 1.29 is 18.4 Å². The van der Waals surface area contributed by atoms with Gasteiger partial charge in [-0.05, 0) is 45.1 Å². The van der Waals surface area contributed by atoms with E-state index in [1.54, 1.807) is 0 Å². The average Bonchev–Trinajstić information content (AvgIpc) is 3.05. The summed E-state index contributed by atoms with van der Waals surface area (Å²) in [5, 5.41) is 9.31. The Balaban J connectivity index is 1.70. The van der Waals surface area contributed by atoms with Crippen molar-refractivity contribution in [3.05, 3.63) is 52.9 Å². The number of amides is 1. The molecule has 2 heterocycles. The van der Waals surface area contributed by atoms with Crippen LogP contribution < -0.4 is 5.32 Å². The quantitative estimate of drug-likeness (QED) is 0.797. The third-order valence-corrected chi connectivity index (χ3v) is 4.59. The maximum absolute atomic E-state index is 13.8. The summed E-state index contributed by atoms with van der Waals surface area (Å²) in [6, 6.07) is 3.30. The minimum Gasteiger partial charge on any atom is -0.348 e. The lowest BCUT2D eigenvalue weighted by Crippen LogP contribution is -2.43. The summed E-state index contributed by atoms with van der Waals surface area (Å²) < 4.78 is 27.5. The van der Waals surface area contributed by atoms with E-state index in [0.717, 1.165) is 38.1 Å². The predicted octanol–water partition coefficient (Wildman–Crippen LogP) is 1.94. The Hall–Kier alpha value is -2.61. The van der Waals surface area contributed by atoms with Crippen LogP contribution in [0.2, 0.25) is 0 Å². The third kappa shape index (κ3) is 3.96. The number of piperidine rings is 1. The van der Waals surface area contributed by atoms with Crippen LogP contribution in [0.25, 0.3) is 0 Å². The van der Waals surface area contributed by atoms with Gasteiger partial charge in [-0.25, -0.2) is 8.78 Å². The fraction of sp³-hybridized carbons (Fsp3) is 0.389. The summed E-state index contributed by atoms with van der Waals surface area (Å²) in [4.78, 5) is 27.0. The van der Waals surface area contributed by atoms with Crippen molar-refractivity contribution in [1.29, 1.82) is 0 Å². The number of ketones is 1. The summed E-state index contributed by atoms with van der Waals surface area (Å²) in [5.74, 6) is -2.95. The number of carbonyl (C=O) groups excluding carboxylic acids is 2. The maximum atomic E-state index is 13.8. The highest BCUT2D eigenvalue weighted by Gasteiger charge is 2.24. The van der Waals surface area contributed by atoms with Crippen molar-refractivity contribution in [2.75, 3.05) is 20.1 Å². The van der Waals surface area contributed by atoms with Crippen LogP contribution in [-0.2, 0) is 6.42 Å². The number of aromatic nitrogens is 2. The minimum absolute atomic E-state index is 0.0505. The summed E-state index contributed by atoms with van der Waals surface area (Å²) in [6.07, 6.45) is 2.70. The second-order valence-corrected chi connectivity index (χ2v) is 6.52. The standard InChI is InChI=1S/C18H20F2N4O2/c1-24-7-5-12(6-8-24)22-18(26)17-11(10-21-23-17)9-15(25)16-13(19)3-2-4-14(16)20/h2-4,10,12H,5-9H2,1H3,(H,21,23)(H,22,26). The van der Waals surface area contributed by atoms with Gasteiger partial charge in [0.15, 0.2) is 5.78 Å². The van der Waals surface area contributed by atoms with E-state index in [4.69, 9.17) is 0 Å². The van der Waals surface area contributed by atoms with Crippen LogP contribution in [0, 0.1) is 11.6 Å². The molecule has 26 heavy (non-hydrogen) atoms. The Bertz CT molecular complexity index is 793. The van der Waals surface area contributed by atoms with Crippen molar-refractivity contribution in [1.82, 2.24) is 20.4 Å². The van der Waals surface area contributed by atoms with Crippen LogP contribution in [0.15, 0.2) is 24.4 Å². The highest BCUT2D eigenvalue weighted by Crippen LogP contribution is 2.17. The number of hydrogen-bond acceptors (Lipinski definition) is 4. The molecule has 0 radical (unpaired) electrons. The second kappa shape index (κ2) is 7.74. The molecule has 1 aromatic heterocycles. The molecule has 0 atom stereocenters. The van der Waals surface area contributed by atoms with Crippen LogP contribution in [-0.4, -0.2) is 53.0 Å². The van der Waals surface area contributed by atoms with Gasteiger partial charge in [-0.15, -0.1) is 0 Å². The second-order valence-electron chi connectivity index (χ2n) is 6.52. The van der Waals surface area contributed by atoms with Gasteiger partial charge in [0.1, 0.15) is 17.3 Å². The van der Waals surface area contributed by atoms with Crippen molar-refractivity contribution in [2.45, 2.75) is 25.3 Å². The molecule has 1 amide bonds. The van der Waals surface area contributed by atoms with E-state index in [1.807, 2.05) is 7.05 Å². The Morgan fingerprint density at radius 2 is 1.92 bits per heavy atom. The van der Waals surface area contributed by atoms with Crippen LogP contribution >= 0.6 is 0 Å². The lowest BCUT2D eigenvalue weighted by atomic mass is 10.0. The van der Waals surface area contributed by atoms with Gasteiger partial charge in [0.25, 0.3) is 5.91 Å². The number of aromatic amines is 1. The SMILES string of the molecule is CN1CCC(NC(=O)c2[nH]ncc2CC(=O)c2c(F)cccc2F)CC1. The number of carbonyl (C=O) groups is 2. The minimum atomic E-state index is -0.921. The average molecular weight is 362 g/mol. The predicted molar refractivity (Wildman–Crippen MR) is 91.0 cm³/mol. The molecule has 1 aliphatic heterocycles. The van der Waals surface area contributed by atoms with E-state index < -0.39 is 23.0 Å². The van der Waals surface area contributed by atoms with Crippen LogP contribution in [0.3, 0.4) is 0 Å². The van der Waals surface area contributed by atoms with E-state index in [-0.39, 0.29) is 24.1 Å². The maximum Gasteiger partial charge on any atom is 0.269 e. The molecule has 0 aliphatic carbocycles. The molecule has 0 unspecified atom stereocenters. The number of nitrogens with zero attached hydrogens (tertiary/aromatic N) is 2. The first-order chi connectivity index (χ1) is 12.5. The zero-order valence-corrected chi connectivity index (χ0v) is 14.4. The highest BCUT2D eigenvalue weighted by atomic mass is 19.1. The number of halogens is 2. The van der Waals surface area contributed by atoms with Crippen molar-refractivity contribution in [2.24, 2.45) is 0 Å². The number of benzene rings is 1. The Morgan fingerprint density at radius 3 is 2.58 bits per heavy atom. The number of H-pyrrole nitrogens is 1. The molecule has 2 aromatic rings. The van der Waals surface area contributed by atoms with Gasteiger partial charge >= 0.3 is 0 Å². The molecule has 2 N–H and O–H groups in total. The number of Topliss-reactive ketones (excluding diaryl/α,β-unsaturated/α-hetero) is 1. The number of nitrogens with one attached hydrogen (secondary N) is 2. The lowest BCUT2D eigenvalue weighted by Gasteiger charge is -2.29. The van der Waals surface area contributed by atoms with Gasteiger partial charge in [0.05, 0.1) is 11.8 Å². The van der Waals surface area contributed by atoms with Gasteiger partial charge in [-0.3, -0.25) is 14.7 Å². The Labute approximate surface area is 149 Å². The zero-order chi connectivity index (χ0) is 18.7. The van der Waals surface area contributed by atoms with E-state index >= 15 is 0 Å². The van der Waals surface area contributed by atoms with Crippen molar-refractivity contribution >= 4 is 11.7 Å². The third-order valence-electron chi connectivity index (χ3n) is 4.59. The summed E-state index contributed by atoms with van der Waals surface area (Å²) in [5.41, 5.74) is -0.146. The normalized spacial score (nSPS) is 15.8. The van der Waals surface area contributed by atoms with Gasteiger partial charge in [0, 0.05) is 18.0 Å². The molecule has 6 nitrogen and oxygen atoms in total. The summed E-state index contributed by atoms with van der Waals surface area (Å²) in [7, 11) is 2.03. The van der Waals surface area contributed by atoms with E-state index in [2.05, 4.69) is 20.4 Å². The van der Waals surface area contributed by atoms with E-state index in [1.165, 1.54) is 12.3 Å². The molecule has 0 saturated carbocycles. The van der Waals surface area contributed by atoms with Gasteiger partial charge in [-0.1, -0.05) is 6.07 Å². The molecular weight excluding hydrogens is 342 g/mol. The molecule has 138 valence electrons. The number of hydrogen-bond donors (Lipinski definition) is 2. The van der Waals surface area contributed by atoms with E-state index in [9.17, 15) is 18.4 Å². The van der Waals surface area contributed by atoms with Crippen molar-refractivity contribution in [3.63, 3.8) is 0 Å². The molecule has 8 heteroatoms. The molecule has 1 saturated heterocycles. The van der Waals surface area contributed by atoms with Gasteiger partial charge in [0.2, 0.25) is 0 Å². The topological polar surface area (TPSA) is 78.1 Å². The number of rotatable bonds is 5. The molecule has 1 aliphatic rings. The molecule has 0 spiro atoms. The molecule has 0 bridgehead atoms. The monoisotopic (exact) mass is 362 g/mol.